The average molecular weight is 266 g/mol. The van der Waals surface area contributed by atoms with Crippen molar-refractivity contribution < 1.29 is 9.90 Å². The van der Waals surface area contributed by atoms with Crippen molar-refractivity contribution in [3.8, 4) is 11.8 Å². The molecule has 1 amide bonds. The van der Waals surface area contributed by atoms with E-state index in [-0.39, 0.29) is 18.1 Å². The zero-order valence-corrected chi connectivity index (χ0v) is 10.9. The second-order valence-electron chi connectivity index (χ2n) is 4.25. The van der Waals surface area contributed by atoms with Crippen LogP contribution in [-0.2, 0) is 0 Å². The van der Waals surface area contributed by atoms with E-state index < -0.39 is 0 Å². The van der Waals surface area contributed by atoms with Gasteiger partial charge in [-0.2, -0.15) is 5.26 Å². The Hall–Kier alpha value is -2.80. The highest BCUT2D eigenvalue weighted by Crippen LogP contribution is 2.19. The molecule has 4 nitrogen and oxygen atoms in total. The molecule has 0 atom stereocenters. The number of phenols is 1. The molecule has 0 aromatic heterocycles. The summed E-state index contributed by atoms with van der Waals surface area (Å²) in [6.45, 7) is 0.314. The van der Waals surface area contributed by atoms with Gasteiger partial charge in [0.15, 0.2) is 0 Å². The normalized spacial score (nSPS) is 9.75. The predicted molar refractivity (Wildman–Crippen MR) is 76.5 cm³/mol. The third kappa shape index (κ3) is 3.15. The van der Waals surface area contributed by atoms with E-state index in [0.717, 1.165) is 5.69 Å². The Kier molecular flexibility index (Phi) is 4.35. The molecule has 0 saturated heterocycles. The van der Waals surface area contributed by atoms with Crippen LogP contribution in [-0.4, -0.2) is 17.6 Å². The quantitative estimate of drug-likeness (QED) is 0.925. The molecule has 4 heteroatoms. The fourth-order valence-electron chi connectivity index (χ4n) is 1.91. The molecule has 100 valence electrons. The highest BCUT2D eigenvalue weighted by molar-refractivity contribution is 6.06. The van der Waals surface area contributed by atoms with E-state index in [2.05, 4.69) is 0 Å². The summed E-state index contributed by atoms with van der Waals surface area (Å²) in [7, 11) is 0. The Balaban J connectivity index is 2.32. The van der Waals surface area contributed by atoms with Crippen LogP contribution >= 0.6 is 0 Å². The highest BCUT2D eigenvalue weighted by atomic mass is 16.3. The van der Waals surface area contributed by atoms with Crippen LogP contribution in [0, 0.1) is 11.3 Å². The molecular weight excluding hydrogens is 252 g/mol. The number of aromatic hydroxyl groups is 1. The molecule has 0 radical (unpaired) electrons. The second-order valence-corrected chi connectivity index (χ2v) is 4.25. The summed E-state index contributed by atoms with van der Waals surface area (Å²) >= 11 is 0. The zero-order chi connectivity index (χ0) is 14.4. The predicted octanol–water partition coefficient (Wildman–Crippen LogP) is 2.95. The van der Waals surface area contributed by atoms with E-state index in [1.807, 2.05) is 36.4 Å². The van der Waals surface area contributed by atoms with E-state index in [1.165, 1.54) is 17.0 Å². The van der Waals surface area contributed by atoms with Crippen molar-refractivity contribution in [1.29, 1.82) is 5.26 Å². The largest absolute Gasteiger partial charge is 0.508 e. The van der Waals surface area contributed by atoms with E-state index >= 15 is 0 Å². The maximum absolute atomic E-state index is 12.5. The number of nitrogens with zero attached hydrogens (tertiary/aromatic N) is 2. The Labute approximate surface area is 117 Å². The van der Waals surface area contributed by atoms with Gasteiger partial charge in [0, 0.05) is 17.8 Å². The van der Waals surface area contributed by atoms with Crippen LogP contribution < -0.4 is 4.90 Å². The highest BCUT2D eigenvalue weighted by Gasteiger charge is 2.17. The van der Waals surface area contributed by atoms with Crippen LogP contribution in [0.1, 0.15) is 16.8 Å². The van der Waals surface area contributed by atoms with Crippen molar-refractivity contribution in [3.63, 3.8) is 0 Å². The van der Waals surface area contributed by atoms with Crippen molar-refractivity contribution in [2.24, 2.45) is 0 Å². The Morgan fingerprint density at radius 1 is 1.15 bits per heavy atom. The standard InChI is InChI=1S/C16H14N2O2/c17-10-5-11-18(14-7-2-1-3-8-14)16(20)13-6-4-9-15(19)12-13/h1-4,6-9,12,19H,5,11H2. The van der Waals surface area contributed by atoms with E-state index in [1.54, 1.807) is 12.1 Å². The first kappa shape index (κ1) is 13.6. The van der Waals surface area contributed by atoms with Gasteiger partial charge in [0.2, 0.25) is 0 Å². The van der Waals surface area contributed by atoms with Gasteiger partial charge in [-0.25, -0.2) is 0 Å². The maximum atomic E-state index is 12.5. The first-order valence-electron chi connectivity index (χ1n) is 6.25. The summed E-state index contributed by atoms with van der Waals surface area (Å²) in [4.78, 5) is 14.0. The van der Waals surface area contributed by atoms with Gasteiger partial charge in [-0.05, 0) is 30.3 Å². The molecule has 0 spiro atoms. The van der Waals surface area contributed by atoms with Gasteiger partial charge in [-0.1, -0.05) is 24.3 Å². The molecule has 0 aliphatic heterocycles. The van der Waals surface area contributed by atoms with E-state index in [9.17, 15) is 9.90 Å². The fourth-order valence-corrected chi connectivity index (χ4v) is 1.91. The van der Waals surface area contributed by atoms with Crippen molar-refractivity contribution >= 4 is 11.6 Å². The van der Waals surface area contributed by atoms with Crippen LogP contribution in [0.5, 0.6) is 5.75 Å². The summed E-state index contributed by atoms with van der Waals surface area (Å²) in [5.74, 6) is -0.188. The summed E-state index contributed by atoms with van der Waals surface area (Å²) in [6, 6.07) is 17.4. The smallest absolute Gasteiger partial charge is 0.258 e. The monoisotopic (exact) mass is 266 g/mol. The number of nitriles is 1. The molecule has 0 fully saturated rings. The fraction of sp³-hybridized carbons (Fsp3) is 0.125. The number of anilines is 1. The van der Waals surface area contributed by atoms with Gasteiger partial charge in [0.25, 0.3) is 5.91 Å². The van der Waals surface area contributed by atoms with Crippen LogP contribution in [0.25, 0.3) is 0 Å². The second kappa shape index (κ2) is 6.39. The van der Waals surface area contributed by atoms with Gasteiger partial charge < -0.3 is 10.0 Å². The van der Waals surface area contributed by atoms with Crippen LogP contribution in [0.15, 0.2) is 54.6 Å². The van der Waals surface area contributed by atoms with Crippen LogP contribution in [0.3, 0.4) is 0 Å². The van der Waals surface area contributed by atoms with Crippen molar-refractivity contribution in [2.75, 3.05) is 11.4 Å². The Morgan fingerprint density at radius 2 is 1.90 bits per heavy atom. The zero-order valence-electron chi connectivity index (χ0n) is 10.9. The molecule has 2 rings (SSSR count). The molecule has 0 aliphatic carbocycles. The number of hydrogen-bond donors (Lipinski definition) is 1. The molecule has 0 aliphatic rings. The van der Waals surface area contributed by atoms with Gasteiger partial charge in [0.1, 0.15) is 5.75 Å². The van der Waals surface area contributed by atoms with Gasteiger partial charge in [0.05, 0.1) is 12.5 Å². The molecule has 2 aromatic rings. The lowest BCUT2D eigenvalue weighted by Crippen LogP contribution is -2.31. The first-order chi connectivity index (χ1) is 9.72. The Bertz CT molecular complexity index is 632. The van der Waals surface area contributed by atoms with E-state index in [4.69, 9.17) is 5.26 Å². The summed E-state index contributed by atoms with van der Waals surface area (Å²) in [5.41, 5.74) is 1.13. The number of para-hydroxylation sites is 1. The number of carbonyl (C=O) groups excluding carboxylic acids is 1. The van der Waals surface area contributed by atoms with Crippen molar-refractivity contribution in [2.45, 2.75) is 6.42 Å². The lowest BCUT2D eigenvalue weighted by molar-refractivity contribution is 0.0987. The third-order valence-electron chi connectivity index (χ3n) is 2.85. The molecule has 1 N–H and O–H groups in total. The first-order valence-corrected chi connectivity index (χ1v) is 6.25. The molecule has 20 heavy (non-hydrogen) atoms. The van der Waals surface area contributed by atoms with E-state index in [0.29, 0.717) is 12.1 Å². The minimum Gasteiger partial charge on any atom is -0.508 e. The summed E-state index contributed by atoms with van der Waals surface area (Å²) in [5, 5.41) is 18.2. The summed E-state index contributed by atoms with van der Waals surface area (Å²) in [6.07, 6.45) is 0.249. The number of phenolic OH excluding ortho intramolecular Hbond substituents is 1. The van der Waals surface area contributed by atoms with Crippen LogP contribution in [0.4, 0.5) is 5.69 Å². The van der Waals surface area contributed by atoms with Crippen molar-refractivity contribution in [1.82, 2.24) is 0 Å². The molecule has 0 bridgehead atoms. The molecular formula is C16H14N2O2. The number of amides is 1. The SMILES string of the molecule is N#CCCN(C(=O)c1cccc(O)c1)c1ccccc1. The third-order valence-corrected chi connectivity index (χ3v) is 2.85. The topological polar surface area (TPSA) is 64.3 Å². The van der Waals surface area contributed by atoms with Crippen molar-refractivity contribution in [3.05, 3.63) is 60.2 Å². The molecule has 2 aromatic carbocycles. The van der Waals surface area contributed by atoms with Crippen LogP contribution in [0.2, 0.25) is 0 Å². The molecule has 0 unspecified atom stereocenters. The lowest BCUT2D eigenvalue weighted by atomic mass is 10.1. The Morgan fingerprint density at radius 3 is 2.55 bits per heavy atom. The van der Waals surface area contributed by atoms with Gasteiger partial charge in [-0.15, -0.1) is 0 Å². The summed E-state index contributed by atoms with van der Waals surface area (Å²) < 4.78 is 0. The van der Waals surface area contributed by atoms with Gasteiger partial charge in [-0.3, -0.25) is 4.79 Å². The molecule has 0 heterocycles. The maximum Gasteiger partial charge on any atom is 0.258 e. The minimum atomic E-state index is -0.234. The average Bonchev–Trinajstić information content (AvgIpc) is 2.48. The minimum absolute atomic E-state index is 0.0455. The lowest BCUT2D eigenvalue weighted by Gasteiger charge is -2.21. The number of benzene rings is 2. The number of carbonyl (C=O) groups is 1. The molecule has 0 saturated carbocycles. The number of rotatable bonds is 4. The van der Waals surface area contributed by atoms with Gasteiger partial charge >= 0.3 is 0 Å². The number of hydrogen-bond acceptors (Lipinski definition) is 3.